The fourth-order valence-corrected chi connectivity index (χ4v) is 2.32. The zero-order valence-electron chi connectivity index (χ0n) is 10.7. The third-order valence-electron chi connectivity index (χ3n) is 2.97. The zero-order chi connectivity index (χ0) is 13.8. The van der Waals surface area contributed by atoms with Gasteiger partial charge in [-0.05, 0) is 12.5 Å². The van der Waals surface area contributed by atoms with E-state index in [1.807, 2.05) is 12.3 Å². The standard InChI is InChI=1S/C13H16IN3O2/c1-2-3-5-15-13(19)9-7-16-12-11(18)10(14)4-6-17(12)8-9/h4,6-7,10H,2-3,5,8H2,1H3,(H,15,19). The Morgan fingerprint density at radius 2 is 2.42 bits per heavy atom. The van der Waals surface area contributed by atoms with Crippen LogP contribution in [0.5, 0.6) is 0 Å². The summed E-state index contributed by atoms with van der Waals surface area (Å²) in [5, 5.41) is 2.86. The summed E-state index contributed by atoms with van der Waals surface area (Å²) >= 11 is 2.07. The lowest BCUT2D eigenvalue weighted by Gasteiger charge is -2.29. The Morgan fingerprint density at radius 3 is 3.16 bits per heavy atom. The summed E-state index contributed by atoms with van der Waals surface area (Å²) in [6.07, 6.45) is 7.16. The van der Waals surface area contributed by atoms with Gasteiger partial charge >= 0.3 is 0 Å². The van der Waals surface area contributed by atoms with Gasteiger partial charge < -0.3 is 10.2 Å². The summed E-state index contributed by atoms with van der Waals surface area (Å²) in [6, 6.07) is 0. The molecule has 2 aliphatic rings. The number of amides is 1. The van der Waals surface area contributed by atoms with Crippen LogP contribution < -0.4 is 5.32 Å². The zero-order valence-corrected chi connectivity index (χ0v) is 12.9. The second-order valence-corrected chi connectivity index (χ2v) is 5.79. The minimum atomic E-state index is -0.166. The highest BCUT2D eigenvalue weighted by molar-refractivity contribution is 14.1. The molecule has 1 atom stereocenters. The van der Waals surface area contributed by atoms with Gasteiger partial charge in [0.05, 0.1) is 16.0 Å². The Morgan fingerprint density at radius 1 is 1.63 bits per heavy atom. The summed E-state index contributed by atoms with van der Waals surface area (Å²) < 4.78 is -0.166. The van der Waals surface area contributed by atoms with Crippen LogP contribution in [0, 0.1) is 0 Å². The maximum atomic E-state index is 11.9. The number of hydrogen-bond donors (Lipinski definition) is 1. The molecule has 0 aliphatic carbocycles. The van der Waals surface area contributed by atoms with Crippen LogP contribution in [0.2, 0.25) is 0 Å². The van der Waals surface area contributed by atoms with Gasteiger partial charge in [-0.25, -0.2) is 4.99 Å². The summed E-state index contributed by atoms with van der Waals surface area (Å²) in [6.45, 7) is 3.16. The number of ketones is 1. The third kappa shape index (κ3) is 3.23. The minimum Gasteiger partial charge on any atom is -0.352 e. The number of unbranched alkanes of at least 4 members (excludes halogenated alkanes) is 1. The van der Waals surface area contributed by atoms with E-state index < -0.39 is 0 Å². The molecular weight excluding hydrogens is 357 g/mol. The Balaban J connectivity index is 2.05. The third-order valence-corrected chi connectivity index (χ3v) is 3.95. The number of allylic oxidation sites excluding steroid dienone is 1. The van der Waals surface area contributed by atoms with Crippen LogP contribution in [0.25, 0.3) is 0 Å². The van der Waals surface area contributed by atoms with Gasteiger partial charge in [0.25, 0.3) is 5.91 Å². The number of halogens is 1. The highest BCUT2D eigenvalue weighted by Crippen LogP contribution is 2.19. The first-order chi connectivity index (χ1) is 9.13. The van der Waals surface area contributed by atoms with E-state index in [1.165, 1.54) is 6.20 Å². The monoisotopic (exact) mass is 373 g/mol. The summed E-state index contributed by atoms with van der Waals surface area (Å²) in [5.41, 5.74) is 0.587. The average Bonchev–Trinajstić information content (AvgIpc) is 2.43. The van der Waals surface area contributed by atoms with E-state index in [-0.39, 0.29) is 15.6 Å². The Hall–Kier alpha value is -1.18. The smallest absolute Gasteiger partial charge is 0.250 e. The van der Waals surface area contributed by atoms with E-state index in [2.05, 4.69) is 39.8 Å². The molecule has 0 saturated carbocycles. The number of hydrogen-bond acceptors (Lipinski definition) is 4. The van der Waals surface area contributed by atoms with Crippen molar-refractivity contribution in [3.63, 3.8) is 0 Å². The lowest BCUT2D eigenvalue weighted by atomic mass is 10.1. The summed E-state index contributed by atoms with van der Waals surface area (Å²) in [5.74, 6) is 0.311. The lowest BCUT2D eigenvalue weighted by Crippen LogP contribution is -2.44. The van der Waals surface area contributed by atoms with Gasteiger partial charge in [0, 0.05) is 18.9 Å². The number of amidine groups is 1. The van der Waals surface area contributed by atoms with Gasteiger partial charge in [-0.15, -0.1) is 0 Å². The molecule has 2 aliphatic heterocycles. The molecule has 2 heterocycles. The van der Waals surface area contributed by atoms with Crippen molar-refractivity contribution in [2.45, 2.75) is 23.7 Å². The molecule has 1 unspecified atom stereocenters. The molecule has 5 nitrogen and oxygen atoms in total. The van der Waals surface area contributed by atoms with Gasteiger partial charge in [0.1, 0.15) is 0 Å². The van der Waals surface area contributed by atoms with Crippen LogP contribution in [0.4, 0.5) is 0 Å². The predicted molar refractivity (Wildman–Crippen MR) is 82.1 cm³/mol. The molecule has 2 rings (SSSR count). The van der Waals surface area contributed by atoms with Crippen LogP contribution in [-0.2, 0) is 9.59 Å². The number of Topliss-reactive ketones (excluding diaryl/α,β-unsaturated/α-hetero) is 1. The van der Waals surface area contributed by atoms with Crippen molar-refractivity contribution >= 4 is 40.1 Å². The number of aliphatic imine (C=N–C) groups is 1. The van der Waals surface area contributed by atoms with Crippen molar-refractivity contribution in [2.24, 2.45) is 4.99 Å². The predicted octanol–water partition coefficient (Wildman–Crippen LogP) is 1.40. The fourth-order valence-electron chi connectivity index (χ4n) is 1.85. The van der Waals surface area contributed by atoms with Gasteiger partial charge in [-0.1, -0.05) is 35.9 Å². The number of nitrogens with one attached hydrogen (secondary N) is 1. The molecule has 0 aromatic carbocycles. The lowest BCUT2D eigenvalue weighted by molar-refractivity contribution is -0.118. The van der Waals surface area contributed by atoms with Crippen LogP contribution in [0.15, 0.2) is 29.0 Å². The number of nitrogens with zero attached hydrogens (tertiary/aromatic N) is 2. The van der Waals surface area contributed by atoms with E-state index >= 15 is 0 Å². The van der Waals surface area contributed by atoms with E-state index in [1.54, 1.807) is 4.90 Å². The quantitative estimate of drug-likeness (QED) is 0.461. The van der Waals surface area contributed by atoms with E-state index in [9.17, 15) is 9.59 Å². The average molecular weight is 373 g/mol. The number of carbonyl (C=O) groups excluding carboxylic acids is 2. The van der Waals surface area contributed by atoms with Crippen LogP contribution in [-0.4, -0.2) is 39.4 Å². The van der Waals surface area contributed by atoms with E-state index in [0.717, 1.165) is 12.8 Å². The molecule has 0 aromatic heterocycles. The normalized spacial score (nSPS) is 21.7. The molecule has 0 spiro atoms. The Labute approximate surface area is 126 Å². The van der Waals surface area contributed by atoms with Crippen LogP contribution in [0.3, 0.4) is 0 Å². The number of alkyl halides is 1. The Bertz CT molecular complexity index is 482. The molecule has 0 aromatic rings. The molecule has 6 heteroatoms. The van der Waals surface area contributed by atoms with Gasteiger partial charge in [0.2, 0.25) is 5.78 Å². The number of fused-ring (bicyclic) bond motifs is 1. The fraction of sp³-hybridized carbons (Fsp3) is 0.462. The second kappa shape index (κ2) is 6.31. The highest BCUT2D eigenvalue weighted by Gasteiger charge is 2.30. The molecule has 102 valence electrons. The van der Waals surface area contributed by atoms with Crippen molar-refractivity contribution in [1.82, 2.24) is 10.2 Å². The van der Waals surface area contributed by atoms with Crippen molar-refractivity contribution in [1.29, 1.82) is 0 Å². The molecule has 0 radical (unpaired) electrons. The summed E-state index contributed by atoms with van der Waals surface area (Å²) in [4.78, 5) is 29.6. The van der Waals surface area contributed by atoms with E-state index in [4.69, 9.17) is 0 Å². The Kier molecular flexibility index (Phi) is 4.73. The SMILES string of the molecule is CCCCNC(=O)C1=CN=C2C(=O)C(I)C=CN2C1. The van der Waals surface area contributed by atoms with Gasteiger partial charge in [-0.3, -0.25) is 9.59 Å². The molecule has 0 bridgehead atoms. The topological polar surface area (TPSA) is 61.8 Å². The van der Waals surface area contributed by atoms with Crippen LogP contribution in [0.1, 0.15) is 19.8 Å². The number of rotatable bonds is 4. The van der Waals surface area contributed by atoms with Crippen LogP contribution >= 0.6 is 22.6 Å². The minimum absolute atomic E-state index is 0.00945. The van der Waals surface area contributed by atoms with Crippen molar-refractivity contribution < 1.29 is 9.59 Å². The van der Waals surface area contributed by atoms with E-state index in [0.29, 0.717) is 24.5 Å². The highest BCUT2D eigenvalue weighted by atomic mass is 127. The maximum Gasteiger partial charge on any atom is 0.250 e. The molecule has 19 heavy (non-hydrogen) atoms. The first kappa shape index (κ1) is 14.2. The van der Waals surface area contributed by atoms with Crippen molar-refractivity contribution in [3.8, 4) is 0 Å². The molecule has 1 amide bonds. The number of carbonyl (C=O) groups is 2. The van der Waals surface area contributed by atoms with Crippen molar-refractivity contribution in [2.75, 3.05) is 13.1 Å². The molecular formula is C13H16IN3O2. The van der Waals surface area contributed by atoms with Gasteiger partial charge in [-0.2, -0.15) is 0 Å². The maximum absolute atomic E-state index is 11.9. The molecule has 0 fully saturated rings. The summed E-state index contributed by atoms with van der Waals surface area (Å²) in [7, 11) is 0. The first-order valence-corrected chi connectivity index (χ1v) is 7.56. The largest absolute Gasteiger partial charge is 0.352 e. The second-order valence-electron chi connectivity index (χ2n) is 4.45. The molecule has 0 saturated heterocycles. The van der Waals surface area contributed by atoms with Crippen molar-refractivity contribution in [3.05, 3.63) is 24.0 Å². The molecule has 1 N–H and O–H groups in total. The van der Waals surface area contributed by atoms with Gasteiger partial charge in [0.15, 0.2) is 5.84 Å². The first-order valence-electron chi connectivity index (χ1n) is 6.31.